The van der Waals surface area contributed by atoms with Gasteiger partial charge in [-0.15, -0.1) is 0 Å². The smallest absolute Gasteiger partial charge is 0.387 e. The molecule has 2 aliphatic rings. The molecule has 2 heterocycles. The van der Waals surface area contributed by atoms with Crippen molar-refractivity contribution in [2.45, 2.75) is 44.8 Å². The molecule has 12 heteroatoms. The molecule has 0 saturated carbocycles. The van der Waals surface area contributed by atoms with Crippen LogP contribution < -0.4 is 5.32 Å². The zero-order chi connectivity index (χ0) is 19.6. The van der Waals surface area contributed by atoms with Gasteiger partial charge in [0.25, 0.3) is 0 Å². The summed E-state index contributed by atoms with van der Waals surface area (Å²) in [5, 5.41) is 22.9. The number of aliphatic hydroxyl groups excluding tert-OH is 2. The van der Waals surface area contributed by atoms with Crippen LogP contribution in [0.25, 0.3) is 0 Å². The Morgan fingerprint density at radius 2 is 2.12 bits per heavy atom. The first-order chi connectivity index (χ1) is 12.0. The molecule has 5 N–H and O–H groups in total. The van der Waals surface area contributed by atoms with Gasteiger partial charge in [-0.2, -0.15) is 0 Å². The van der Waals surface area contributed by atoms with Gasteiger partial charge in [0, 0.05) is 18.7 Å². The zero-order valence-corrected chi connectivity index (χ0v) is 15.2. The molecule has 1 fully saturated rings. The lowest BCUT2D eigenvalue weighted by molar-refractivity contribution is -0.117. The molecular weight excluding hydrogens is 369 g/mol. The SMILES string of the molecule is C=C1N=C(NC(C)=O)C(CC)=CN1C1O[C@H](COP(=O)(O)O)[C@@H](O)[C@H]1O. The van der Waals surface area contributed by atoms with E-state index in [-0.39, 0.29) is 11.7 Å². The Kier molecular flexibility index (Phi) is 6.35. The Hall–Kier alpha value is -1.59. The van der Waals surface area contributed by atoms with Gasteiger partial charge in [0.1, 0.15) is 30.0 Å². The summed E-state index contributed by atoms with van der Waals surface area (Å²) >= 11 is 0. The number of hydrogen-bond donors (Lipinski definition) is 5. The largest absolute Gasteiger partial charge is 0.469 e. The maximum atomic E-state index is 11.3. The van der Waals surface area contributed by atoms with Gasteiger partial charge in [-0.25, -0.2) is 9.56 Å². The number of phosphoric acid groups is 1. The third kappa shape index (κ3) is 4.77. The summed E-state index contributed by atoms with van der Waals surface area (Å²) in [4.78, 5) is 34.4. The van der Waals surface area contributed by atoms with Gasteiger partial charge in [0.2, 0.25) is 5.91 Å². The molecule has 0 spiro atoms. The molecule has 2 aliphatic heterocycles. The van der Waals surface area contributed by atoms with E-state index >= 15 is 0 Å². The zero-order valence-electron chi connectivity index (χ0n) is 14.3. The standard InChI is InChI=1S/C14H22N3O8P/c1-4-9-5-17(7(2)15-13(9)16-8(3)18)14-12(20)11(19)10(25-14)6-24-26(21,22)23/h5,10-12,14,19-20H,2,4,6H2,1,3H3,(H,15,16,18)(H2,21,22,23)/t10-,11-,12-,14?/m1/s1. The molecular formula is C14H22N3O8P. The second-order valence-electron chi connectivity index (χ2n) is 5.81. The lowest BCUT2D eigenvalue weighted by Crippen LogP contribution is -2.43. The van der Waals surface area contributed by atoms with Crippen LogP contribution in [-0.2, 0) is 18.6 Å². The predicted octanol–water partition coefficient (Wildman–Crippen LogP) is -0.842. The van der Waals surface area contributed by atoms with Crippen molar-refractivity contribution in [3.63, 3.8) is 0 Å². The number of hydrogen-bond acceptors (Lipinski definition) is 8. The Morgan fingerprint density at radius 1 is 1.46 bits per heavy atom. The number of nitrogens with zero attached hydrogens (tertiary/aromatic N) is 2. The summed E-state index contributed by atoms with van der Waals surface area (Å²) < 4.78 is 20.6. The number of amidine groups is 1. The van der Waals surface area contributed by atoms with E-state index in [4.69, 9.17) is 14.5 Å². The van der Waals surface area contributed by atoms with E-state index in [2.05, 4.69) is 21.4 Å². The molecule has 146 valence electrons. The number of aliphatic imine (C=N–C) groups is 1. The van der Waals surface area contributed by atoms with Crippen molar-refractivity contribution in [2.75, 3.05) is 6.61 Å². The van der Waals surface area contributed by atoms with E-state index < -0.39 is 39.0 Å². The van der Waals surface area contributed by atoms with Gasteiger partial charge < -0.3 is 35.0 Å². The minimum Gasteiger partial charge on any atom is -0.387 e. The fourth-order valence-corrected chi connectivity index (χ4v) is 2.92. The molecule has 0 aliphatic carbocycles. The maximum Gasteiger partial charge on any atom is 0.469 e. The van der Waals surface area contributed by atoms with E-state index in [9.17, 15) is 19.6 Å². The van der Waals surface area contributed by atoms with Crippen LogP contribution in [0.5, 0.6) is 0 Å². The molecule has 1 saturated heterocycles. The van der Waals surface area contributed by atoms with E-state index in [1.807, 2.05) is 6.92 Å². The van der Waals surface area contributed by atoms with Crippen LogP contribution in [0, 0.1) is 0 Å². The molecule has 1 unspecified atom stereocenters. The normalized spacial score (nSPS) is 29.5. The summed E-state index contributed by atoms with van der Waals surface area (Å²) in [5.74, 6) is 0.181. The molecule has 0 bridgehead atoms. The minimum atomic E-state index is -4.74. The molecule has 0 aromatic carbocycles. The predicted molar refractivity (Wildman–Crippen MR) is 89.3 cm³/mol. The van der Waals surface area contributed by atoms with E-state index in [1.165, 1.54) is 11.8 Å². The number of phosphoric ester groups is 1. The average molecular weight is 391 g/mol. The number of aliphatic hydroxyl groups is 2. The quantitative estimate of drug-likeness (QED) is 0.376. The number of amides is 1. The van der Waals surface area contributed by atoms with Crippen LogP contribution in [0.3, 0.4) is 0 Å². The lowest BCUT2D eigenvalue weighted by atomic mass is 10.1. The summed E-state index contributed by atoms with van der Waals surface area (Å²) in [6, 6.07) is 0. The fourth-order valence-electron chi connectivity index (χ4n) is 2.58. The van der Waals surface area contributed by atoms with Crippen LogP contribution in [-0.4, -0.2) is 67.8 Å². The van der Waals surface area contributed by atoms with Gasteiger partial charge in [-0.1, -0.05) is 13.5 Å². The number of rotatable bonds is 5. The highest BCUT2D eigenvalue weighted by molar-refractivity contribution is 7.46. The van der Waals surface area contributed by atoms with Crippen molar-refractivity contribution < 1.29 is 38.6 Å². The molecule has 0 aromatic rings. The summed E-state index contributed by atoms with van der Waals surface area (Å²) in [6.07, 6.45) is -2.99. The second kappa shape index (κ2) is 7.97. The van der Waals surface area contributed by atoms with Crippen molar-refractivity contribution in [2.24, 2.45) is 4.99 Å². The van der Waals surface area contributed by atoms with Crippen molar-refractivity contribution in [1.29, 1.82) is 0 Å². The number of ether oxygens (including phenoxy) is 1. The first-order valence-corrected chi connectivity index (χ1v) is 9.32. The van der Waals surface area contributed by atoms with Crippen LogP contribution >= 0.6 is 7.82 Å². The molecule has 1 amide bonds. The minimum absolute atomic E-state index is 0.152. The first-order valence-electron chi connectivity index (χ1n) is 7.79. The van der Waals surface area contributed by atoms with Gasteiger partial charge in [0.15, 0.2) is 6.23 Å². The van der Waals surface area contributed by atoms with E-state index in [1.54, 1.807) is 6.20 Å². The van der Waals surface area contributed by atoms with Crippen molar-refractivity contribution in [1.82, 2.24) is 10.2 Å². The topological polar surface area (TPSA) is 161 Å². The third-order valence-electron chi connectivity index (χ3n) is 3.83. The van der Waals surface area contributed by atoms with Gasteiger partial charge in [0.05, 0.1) is 6.61 Å². The second-order valence-corrected chi connectivity index (χ2v) is 7.04. The summed E-state index contributed by atoms with van der Waals surface area (Å²) in [7, 11) is -4.74. The van der Waals surface area contributed by atoms with Gasteiger partial charge >= 0.3 is 7.82 Å². The van der Waals surface area contributed by atoms with E-state index in [0.29, 0.717) is 17.8 Å². The Labute approximate surface area is 149 Å². The highest BCUT2D eigenvalue weighted by Gasteiger charge is 2.47. The Balaban J connectivity index is 2.16. The van der Waals surface area contributed by atoms with Crippen LogP contribution in [0.1, 0.15) is 20.3 Å². The number of carbonyl (C=O) groups is 1. The first kappa shape index (κ1) is 20.7. The maximum absolute atomic E-state index is 11.3. The number of carbonyl (C=O) groups excluding carboxylic acids is 1. The van der Waals surface area contributed by atoms with Gasteiger partial charge in [-0.05, 0) is 6.42 Å². The molecule has 26 heavy (non-hydrogen) atoms. The Bertz CT molecular complexity index is 688. The lowest BCUT2D eigenvalue weighted by Gasteiger charge is -2.32. The highest BCUT2D eigenvalue weighted by Crippen LogP contribution is 2.38. The van der Waals surface area contributed by atoms with Crippen LogP contribution in [0.15, 0.2) is 29.2 Å². The fraction of sp³-hybridized carbons (Fsp3) is 0.571. The summed E-state index contributed by atoms with van der Waals surface area (Å²) in [5.41, 5.74) is 0.646. The molecule has 0 aromatic heterocycles. The molecule has 2 rings (SSSR count). The molecule has 11 nitrogen and oxygen atoms in total. The van der Waals surface area contributed by atoms with Crippen LogP contribution in [0.4, 0.5) is 0 Å². The van der Waals surface area contributed by atoms with Crippen LogP contribution in [0.2, 0.25) is 0 Å². The van der Waals surface area contributed by atoms with Gasteiger partial charge in [-0.3, -0.25) is 9.32 Å². The van der Waals surface area contributed by atoms with Crippen molar-refractivity contribution in [3.8, 4) is 0 Å². The Morgan fingerprint density at radius 3 is 2.65 bits per heavy atom. The molecule has 0 radical (unpaired) electrons. The van der Waals surface area contributed by atoms with Crippen molar-refractivity contribution in [3.05, 3.63) is 24.2 Å². The highest BCUT2D eigenvalue weighted by atomic mass is 31.2. The van der Waals surface area contributed by atoms with E-state index in [0.717, 1.165) is 0 Å². The average Bonchev–Trinajstić information content (AvgIpc) is 2.80. The monoisotopic (exact) mass is 391 g/mol. The molecule has 4 atom stereocenters. The third-order valence-corrected chi connectivity index (χ3v) is 4.32. The number of nitrogens with one attached hydrogen (secondary N) is 1. The summed E-state index contributed by atoms with van der Waals surface area (Å²) in [6.45, 7) is 6.33. The van der Waals surface area contributed by atoms with Crippen molar-refractivity contribution >= 4 is 19.6 Å².